The first kappa shape index (κ1) is 20.1. The average Bonchev–Trinajstić information content (AvgIpc) is 2.50. The Morgan fingerprint density at radius 2 is 1.76 bits per heavy atom. The number of ketones is 1. The maximum absolute atomic E-state index is 11.1. The van der Waals surface area contributed by atoms with E-state index in [-0.39, 0.29) is 11.9 Å². The van der Waals surface area contributed by atoms with Gasteiger partial charge in [-0.1, -0.05) is 39.3 Å². The van der Waals surface area contributed by atoms with Crippen LogP contribution in [0.25, 0.3) is 0 Å². The first-order valence-corrected chi connectivity index (χ1v) is 8.26. The van der Waals surface area contributed by atoms with E-state index in [1.54, 1.807) is 6.08 Å². The largest absolute Gasteiger partial charge is 0.381 e. The number of allylic oxidation sites excluding steroid dienone is 2. The Morgan fingerprint density at radius 3 is 2.43 bits per heavy atom. The molecule has 1 atom stereocenters. The van der Waals surface area contributed by atoms with Gasteiger partial charge >= 0.3 is 0 Å². The summed E-state index contributed by atoms with van der Waals surface area (Å²) in [7, 11) is 0. The summed E-state index contributed by atoms with van der Waals surface area (Å²) in [5, 5.41) is 0. The Hall–Kier alpha value is -0.930. The first-order chi connectivity index (χ1) is 10.2. The smallest absolute Gasteiger partial charge is 0.177 e. The van der Waals surface area contributed by atoms with Gasteiger partial charge in [0.2, 0.25) is 0 Å². The number of hydrogen-bond acceptors (Lipinski definition) is 3. The van der Waals surface area contributed by atoms with E-state index in [1.165, 1.54) is 12.5 Å². The topological polar surface area (TPSA) is 35.5 Å². The molecule has 3 heteroatoms. The summed E-state index contributed by atoms with van der Waals surface area (Å²) < 4.78 is 11.5. The van der Waals surface area contributed by atoms with E-state index in [0.29, 0.717) is 0 Å². The molecule has 0 saturated heterocycles. The molecule has 0 heterocycles. The number of rotatable bonds is 15. The zero-order valence-corrected chi connectivity index (χ0v) is 13.8. The van der Waals surface area contributed by atoms with Gasteiger partial charge in [-0.3, -0.25) is 4.79 Å². The second kappa shape index (κ2) is 15.5. The molecule has 0 spiro atoms. The highest BCUT2D eigenvalue weighted by molar-refractivity contribution is 5.98. The van der Waals surface area contributed by atoms with Crippen molar-refractivity contribution in [2.45, 2.75) is 64.9 Å². The van der Waals surface area contributed by atoms with Crippen LogP contribution in [0.1, 0.15) is 58.8 Å². The third kappa shape index (κ3) is 13.8. The van der Waals surface area contributed by atoms with Gasteiger partial charge in [-0.15, -0.1) is 0 Å². The fraction of sp³-hybridized carbons (Fsp3) is 0.722. The van der Waals surface area contributed by atoms with Gasteiger partial charge in [-0.2, -0.15) is 0 Å². The minimum Gasteiger partial charge on any atom is -0.381 e. The van der Waals surface area contributed by atoms with Gasteiger partial charge in [0.15, 0.2) is 5.78 Å². The molecular formula is C18H32O3. The molecule has 0 aliphatic rings. The van der Waals surface area contributed by atoms with Gasteiger partial charge in [-0.25, -0.2) is 0 Å². The van der Waals surface area contributed by atoms with Crippen LogP contribution in [0.5, 0.6) is 0 Å². The maximum Gasteiger partial charge on any atom is 0.177 e. The number of ether oxygens (including phenoxy) is 2. The molecule has 0 bridgehead atoms. The van der Waals surface area contributed by atoms with E-state index in [4.69, 9.17) is 9.47 Å². The monoisotopic (exact) mass is 296 g/mol. The second-order valence-corrected chi connectivity index (χ2v) is 5.20. The molecule has 0 saturated carbocycles. The van der Waals surface area contributed by atoms with Crippen LogP contribution in [-0.4, -0.2) is 31.7 Å². The van der Waals surface area contributed by atoms with E-state index < -0.39 is 0 Å². The van der Waals surface area contributed by atoms with E-state index in [2.05, 4.69) is 20.4 Å². The lowest BCUT2D eigenvalue weighted by molar-refractivity contribution is -0.110. The average molecular weight is 296 g/mol. The molecule has 0 aliphatic heterocycles. The summed E-state index contributed by atoms with van der Waals surface area (Å²) in [6, 6.07) is 0. The molecule has 0 rings (SSSR count). The van der Waals surface area contributed by atoms with Gasteiger partial charge in [0.05, 0.1) is 6.10 Å². The molecule has 0 amide bonds. The number of carbonyl (C=O) groups is 1. The maximum atomic E-state index is 11.1. The highest BCUT2D eigenvalue weighted by atomic mass is 16.5. The summed E-state index contributed by atoms with van der Waals surface area (Å²) in [4.78, 5) is 11.1. The van der Waals surface area contributed by atoms with Crippen molar-refractivity contribution in [3.63, 3.8) is 0 Å². The Balaban J connectivity index is 3.92. The van der Waals surface area contributed by atoms with Crippen LogP contribution in [0.15, 0.2) is 24.8 Å². The molecule has 0 unspecified atom stereocenters. The number of carbonyl (C=O) groups excluding carboxylic acids is 1. The Kier molecular flexibility index (Phi) is 14.8. The molecule has 3 nitrogen and oxygen atoms in total. The van der Waals surface area contributed by atoms with Crippen LogP contribution >= 0.6 is 0 Å². The third-order valence-electron chi connectivity index (χ3n) is 3.19. The second-order valence-electron chi connectivity index (χ2n) is 5.20. The summed E-state index contributed by atoms with van der Waals surface area (Å²) in [5.74, 6) is -0.0507. The molecule has 0 aliphatic carbocycles. The lowest BCUT2D eigenvalue weighted by atomic mass is 10.1. The van der Waals surface area contributed by atoms with Crippen molar-refractivity contribution in [3.8, 4) is 0 Å². The standard InChI is InChI=1S/C18H32O3/c1-4-7-14-20-15-10-13-18(21-16-8-5-2)12-9-11-17(19)6-3/h6,9,11,18H,3-5,7-8,10,12-16H2,1-2H3/t18-/m0/s1. The molecule has 0 aromatic heterocycles. The van der Waals surface area contributed by atoms with Crippen LogP contribution < -0.4 is 0 Å². The fourth-order valence-electron chi connectivity index (χ4n) is 1.83. The van der Waals surface area contributed by atoms with Crippen molar-refractivity contribution < 1.29 is 14.3 Å². The van der Waals surface area contributed by atoms with Crippen LogP contribution in [0.4, 0.5) is 0 Å². The lowest BCUT2D eigenvalue weighted by Crippen LogP contribution is -2.14. The molecule has 0 aromatic rings. The van der Waals surface area contributed by atoms with Crippen molar-refractivity contribution in [3.05, 3.63) is 24.8 Å². The minimum atomic E-state index is -0.0507. The molecule has 122 valence electrons. The van der Waals surface area contributed by atoms with Crippen LogP contribution in [0.2, 0.25) is 0 Å². The molecule has 0 aromatic carbocycles. The van der Waals surface area contributed by atoms with Crippen molar-refractivity contribution in [2.75, 3.05) is 19.8 Å². The van der Waals surface area contributed by atoms with Crippen LogP contribution in [0.3, 0.4) is 0 Å². The van der Waals surface area contributed by atoms with Crippen LogP contribution in [-0.2, 0) is 14.3 Å². The van der Waals surface area contributed by atoms with Gasteiger partial charge < -0.3 is 9.47 Å². The highest BCUT2D eigenvalue weighted by Gasteiger charge is 2.07. The number of unbranched alkanes of at least 4 members (excludes halogenated alkanes) is 2. The third-order valence-corrected chi connectivity index (χ3v) is 3.19. The zero-order chi connectivity index (χ0) is 15.8. The number of hydrogen-bond donors (Lipinski definition) is 0. The molecule has 21 heavy (non-hydrogen) atoms. The van der Waals surface area contributed by atoms with Crippen molar-refractivity contribution in [1.82, 2.24) is 0 Å². The van der Waals surface area contributed by atoms with E-state index in [0.717, 1.165) is 58.3 Å². The zero-order valence-electron chi connectivity index (χ0n) is 13.8. The first-order valence-electron chi connectivity index (χ1n) is 8.26. The van der Waals surface area contributed by atoms with Crippen molar-refractivity contribution >= 4 is 5.78 Å². The van der Waals surface area contributed by atoms with E-state index in [1.807, 2.05) is 6.08 Å². The van der Waals surface area contributed by atoms with Gasteiger partial charge in [0, 0.05) is 19.8 Å². The Morgan fingerprint density at radius 1 is 1.10 bits per heavy atom. The molecule has 0 radical (unpaired) electrons. The summed E-state index contributed by atoms with van der Waals surface area (Å²) in [6.45, 7) is 10.2. The predicted octanol–water partition coefficient (Wildman–Crippen LogP) is 4.47. The van der Waals surface area contributed by atoms with Crippen molar-refractivity contribution in [2.24, 2.45) is 0 Å². The van der Waals surface area contributed by atoms with Gasteiger partial charge in [0.1, 0.15) is 0 Å². The summed E-state index contributed by atoms with van der Waals surface area (Å²) >= 11 is 0. The highest BCUT2D eigenvalue weighted by Crippen LogP contribution is 2.10. The van der Waals surface area contributed by atoms with Crippen molar-refractivity contribution in [1.29, 1.82) is 0 Å². The quantitative estimate of drug-likeness (QED) is 0.330. The molecule has 0 fully saturated rings. The SMILES string of the molecule is C=CC(=O)C=CC[C@@H](CCCOCCCC)OCCCC. The minimum absolute atomic E-state index is 0.0507. The summed E-state index contributed by atoms with van der Waals surface area (Å²) in [5.41, 5.74) is 0. The molecular weight excluding hydrogens is 264 g/mol. The fourth-order valence-corrected chi connectivity index (χ4v) is 1.83. The molecule has 0 N–H and O–H groups in total. The van der Waals surface area contributed by atoms with Gasteiger partial charge in [-0.05, 0) is 44.3 Å². The lowest BCUT2D eigenvalue weighted by Gasteiger charge is -2.16. The Bertz CT molecular complexity index is 284. The summed E-state index contributed by atoms with van der Waals surface area (Å²) in [6.07, 6.45) is 12.2. The normalized spacial score (nSPS) is 12.7. The van der Waals surface area contributed by atoms with E-state index in [9.17, 15) is 4.79 Å². The predicted molar refractivity (Wildman–Crippen MR) is 88.6 cm³/mol. The van der Waals surface area contributed by atoms with Crippen LogP contribution in [0, 0.1) is 0 Å². The van der Waals surface area contributed by atoms with Gasteiger partial charge in [0.25, 0.3) is 0 Å². The van der Waals surface area contributed by atoms with E-state index >= 15 is 0 Å². The Labute approximate surface area is 130 Å².